The lowest BCUT2D eigenvalue weighted by Gasteiger charge is -2.11. The molecule has 1 fully saturated rings. The normalized spacial score (nSPS) is 14.2. The van der Waals surface area contributed by atoms with Gasteiger partial charge in [0.05, 0.1) is 25.0 Å². The molecule has 0 radical (unpaired) electrons. The molecule has 1 saturated heterocycles. The Hall–Kier alpha value is -1.84. The lowest BCUT2D eigenvalue weighted by atomic mass is 10.2. The zero-order chi connectivity index (χ0) is 20.6. The molecule has 1 aliphatic heterocycles. The molecule has 9 heteroatoms. The van der Waals surface area contributed by atoms with E-state index in [1.54, 1.807) is 20.3 Å². The van der Waals surface area contributed by atoms with Crippen LogP contribution in [0.25, 0.3) is 0 Å². The highest BCUT2D eigenvalue weighted by Gasteiger charge is 2.18. The minimum atomic E-state index is -0.354. The van der Waals surface area contributed by atoms with Crippen LogP contribution in [0.3, 0.4) is 0 Å². The van der Waals surface area contributed by atoms with Crippen LogP contribution >= 0.6 is 39.5 Å². The topological polar surface area (TPSA) is 69.2 Å². The Morgan fingerprint density at radius 1 is 1.21 bits per heavy atom. The van der Waals surface area contributed by atoms with Gasteiger partial charge in [0.2, 0.25) is 0 Å². The number of halogens is 1. The van der Waals surface area contributed by atoms with Crippen LogP contribution in [-0.4, -0.2) is 44.5 Å². The second kappa shape index (κ2) is 10.8. The lowest BCUT2D eigenvalue weighted by molar-refractivity contribution is -0.123. The van der Waals surface area contributed by atoms with Crippen molar-refractivity contribution in [1.82, 2.24) is 5.43 Å². The number of rotatable bonds is 8. The van der Waals surface area contributed by atoms with E-state index >= 15 is 0 Å². The summed E-state index contributed by atoms with van der Waals surface area (Å²) in [6.45, 7) is -0.122. The summed E-state index contributed by atoms with van der Waals surface area (Å²) in [5, 5.41) is 3.98. The maximum atomic E-state index is 12.0. The number of nitrogens with one attached hydrogen (secondary N) is 1. The molecular weight excluding hydrogens is 476 g/mol. The molecule has 0 saturated carbocycles. The van der Waals surface area contributed by atoms with E-state index in [-0.39, 0.29) is 12.5 Å². The van der Waals surface area contributed by atoms with E-state index in [4.69, 9.17) is 14.2 Å². The van der Waals surface area contributed by atoms with Gasteiger partial charge in [-0.1, -0.05) is 28.1 Å². The zero-order valence-corrected chi connectivity index (χ0v) is 19.2. The number of hydrogen-bond donors (Lipinski definition) is 1. The SMILES string of the molecule is COc1cc(Br)cc(/C=N\NC(=O)COc2ccc(C3SCCS3)cc2)c1OC. The molecule has 0 spiro atoms. The highest BCUT2D eigenvalue weighted by molar-refractivity contribution is 9.10. The Morgan fingerprint density at radius 3 is 2.59 bits per heavy atom. The van der Waals surface area contributed by atoms with E-state index in [1.165, 1.54) is 23.3 Å². The Balaban J connectivity index is 1.52. The molecule has 29 heavy (non-hydrogen) atoms. The number of benzene rings is 2. The van der Waals surface area contributed by atoms with Gasteiger partial charge in [0.15, 0.2) is 18.1 Å². The van der Waals surface area contributed by atoms with Crippen LogP contribution in [0.5, 0.6) is 17.2 Å². The molecule has 0 aromatic heterocycles. The van der Waals surface area contributed by atoms with Gasteiger partial charge in [0.1, 0.15) is 5.75 Å². The van der Waals surface area contributed by atoms with Gasteiger partial charge in [-0.15, -0.1) is 23.5 Å². The molecular formula is C20H21BrN2O4S2. The van der Waals surface area contributed by atoms with Crippen LogP contribution in [-0.2, 0) is 4.79 Å². The molecule has 154 valence electrons. The number of ether oxygens (including phenoxy) is 3. The Labute approximate surface area is 186 Å². The van der Waals surface area contributed by atoms with Crippen molar-refractivity contribution < 1.29 is 19.0 Å². The van der Waals surface area contributed by atoms with Crippen molar-refractivity contribution in [3.63, 3.8) is 0 Å². The smallest absolute Gasteiger partial charge is 0.277 e. The number of hydrazone groups is 1. The molecule has 0 unspecified atom stereocenters. The van der Waals surface area contributed by atoms with Crippen LogP contribution in [0.1, 0.15) is 15.7 Å². The first kappa shape index (κ1) is 21.9. The van der Waals surface area contributed by atoms with Crippen molar-refractivity contribution >= 4 is 51.6 Å². The highest BCUT2D eigenvalue weighted by atomic mass is 79.9. The molecule has 1 N–H and O–H groups in total. The third kappa shape index (κ3) is 6.07. The number of methoxy groups -OCH3 is 2. The second-order valence-corrected chi connectivity index (χ2v) is 9.59. The van der Waals surface area contributed by atoms with Crippen LogP contribution in [0.4, 0.5) is 0 Å². The highest BCUT2D eigenvalue weighted by Crippen LogP contribution is 2.45. The van der Waals surface area contributed by atoms with Crippen molar-refractivity contribution in [3.8, 4) is 17.2 Å². The first-order valence-electron chi connectivity index (χ1n) is 8.80. The van der Waals surface area contributed by atoms with E-state index in [0.717, 1.165) is 4.47 Å². The number of nitrogens with zero attached hydrogens (tertiary/aromatic N) is 1. The summed E-state index contributed by atoms with van der Waals surface area (Å²) < 4.78 is 17.5. The van der Waals surface area contributed by atoms with E-state index < -0.39 is 0 Å². The van der Waals surface area contributed by atoms with Gasteiger partial charge in [-0.3, -0.25) is 4.79 Å². The third-order valence-electron chi connectivity index (χ3n) is 4.01. The molecule has 2 aromatic carbocycles. The minimum absolute atomic E-state index is 0.122. The number of thioether (sulfide) groups is 2. The first-order valence-corrected chi connectivity index (χ1v) is 11.7. The predicted octanol–water partition coefficient (Wildman–Crippen LogP) is 4.47. The van der Waals surface area contributed by atoms with Crippen molar-refractivity contribution in [2.45, 2.75) is 4.58 Å². The van der Waals surface area contributed by atoms with Crippen molar-refractivity contribution in [2.75, 3.05) is 32.3 Å². The number of carbonyl (C=O) groups is 1. The fourth-order valence-corrected chi connectivity index (χ4v) is 6.00. The third-order valence-corrected chi connectivity index (χ3v) is 7.57. The van der Waals surface area contributed by atoms with Crippen molar-refractivity contribution in [2.24, 2.45) is 5.10 Å². The van der Waals surface area contributed by atoms with Gasteiger partial charge in [-0.2, -0.15) is 5.10 Å². The van der Waals surface area contributed by atoms with Crippen LogP contribution in [0.15, 0.2) is 46.0 Å². The Kier molecular flexibility index (Phi) is 8.14. The first-order chi connectivity index (χ1) is 14.1. The molecule has 0 aliphatic carbocycles. The molecule has 2 aromatic rings. The van der Waals surface area contributed by atoms with Gasteiger partial charge >= 0.3 is 0 Å². The van der Waals surface area contributed by atoms with E-state index in [1.807, 2.05) is 53.9 Å². The lowest BCUT2D eigenvalue weighted by Crippen LogP contribution is -2.24. The molecule has 6 nitrogen and oxygen atoms in total. The number of hydrogen-bond acceptors (Lipinski definition) is 7. The van der Waals surface area contributed by atoms with Crippen LogP contribution in [0.2, 0.25) is 0 Å². The predicted molar refractivity (Wildman–Crippen MR) is 123 cm³/mol. The fraction of sp³-hybridized carbons (Fsp3) is 0.300. The molecule has 1 amide bonds. The average Bonchev–Trinajstić information content (AvgIpc) is 3.27. The van der Waals surface area contributed by atoms with E-state index in [9.17, 15) is 4.79 Å². The van der Waals surface area contributed by atoms with Crippen LogP contribution in [0, 0.1) is 0 Å². The summed E-state index contributed by atoms with van der Waals surface area (Å²) >= 11 is 7.32. The Bertz CT molecular complexity index is 872. The van der Waals surface area contributed by atoms with Gasteiger partial charge < -0.3 is 14.2 Å². The van der Waals surface area contributed by atoms with E-state index in [0.29, 0.717) is 27.4 Å². The maximum Gasteiger partial charge on any atom is 0.277 e. The monoisotopic (exact) mass is 496 g/mol. The van der Waals surface area contributed by atoms with Crippen molar-refractivity contribution in [1.29, 1.82) is 0 Å². The van der Waals surface area contributed by atoms with Gasteiger partial charge in [0, 0.05) is 21.5 Å². The van der Waals surface area contributed by atoms with Gasteiger partial charge in [-0.05, 0) is 29.8 Å². The summed E-state index contributed by atoms with van der Waals surface area (Å²) in [6, 6.07) is 11.5. The van der Waals surface area contributed by atoms with Crippen LogP contribution < -0.4 is 19.6 Å². The molecule has 0 atom stereocenters. The Morgan fingerprint density at radius 2 is 1.93 bits per heavy atom. The summed E-state index contributed by atoms with van der Waals surface area (Å²) in [5.74, 6) is 3.77. The summed E-state index contributed by atoms with van der Waals surface area (Å²) in [6.07, 6.45) is 1.50. The van der Waals surface area contributed by atoms with Gasteiger partial charge in [0.25, 0.3) is 5.91 Å². The van der Waals surface area contributed by atoms with Crippen molar-refractivity contribution in [3.05, 3.63) is 52.0 Å². The molecule has 1 aliphatic rings. The zero-order valence-electron chi connectivity index (χ0n) is 16.0. The van der Waals surface area contributed by atoms with Gasteiger partial charge in [-0.25, -0.2) is 5.43 Å². The average molecular weight is 497 g/mol. The largest absolute Gasteiger partial charge is 0.493 e. The fourth-order valence-electron chi connectivity index (χ4n) is 2.68. The number of carbonyl (C=O) groups excluding carboxylic acids is 1. The van der Waals surface area contributed by atoms with E-state index in [2.05, 4.69) is 26.5 Å². The number of amides is 1. The molecule has 1 heterocycles. The summed E-state index contributed by atoms with van der Waals surface area (Å²) in [4.78, 5) is 12.0. The second-order valence-electron chi connectivity index (χ2n) is 5.95. The summed E-state index contributed by atoms with van der Waals surface area (Å²) in [7, 11) is 3.10. The quantitative estimate of drug-likeness (QED) is 0.429. The maximum absolute atomic E-state index is 12.0. The standard InChI is InChI=1S/C20H21BrN2O4S2/c1-25-17-10-15(21)9-14(19(17)26-2)11-22-23-18(24)12-27-16-5-3-13(4-6-16)20-28-7-8-29-20/h3-6,9-11,20H,7-8,12H2,1-2H3,(H,23,24)/b22-11-. The minimum Gasteiger partial charge on any atom is -0.493 e. The molecule has 0 bridgehead atoms. The summed E-state index contributed by atoms with van der Waals surface area (Å²) in [5.41, 5.74) is 4.39. The molecule has 3 rings (SSSR count).